The number of para-hydroxylation sites is 1. The molecule has 0 unspecified atom stereocenters. The fourth-order valence-corrected chi connectivity index (χ4v) is 7.35. The molecule has 0 aliphatic carbocycles. The molecule has 2 aromatic heterocycles. The molecule has 0 bridgehead atoms. The first kappa shape index (κ1) is 32.6. The van der Waals surface area contributed by atoms with Crippen LogP contribution in [0.15, 0.2) is 87.9 Å². The van der Waals surface area contributed by atoms with Crippen molar-refractivity contribution in [3.8, 4) is 11.5 Å². The zero-order valence-electron chi connectivity index (χ0n) is 26.4. The van der Waals surface area contributed by atoms with E-state index in [9.17, 15) is 9.59 Å². The Balaban J connectivity index is 1.51. The van der Waals surface area contributed by atoms with Crippen molar-refractivity contribution in [3.63, 3.8) is 0 Å². The van der Waals surface area contributed by atoms with Crippen molar-refractivity contribution in [1.29, 1.82) is 0 Å². The van der Waals surface area contributed by atoms with Crippen LogP contribution in [-0.2, 0) is 16.1 Å². The third kappa shape index (κ3) is 6.35. The van der Waals surface area contributed by atoms with Crippen molar-refractivity contribution in [2.24, 2.45) is 4.99 Å². The number of hydrogen-bond acceptors (Lipinski definition) is 7. The normalized spacial score (nSPS) is 14.7. The van der Waals surface area contributed by atoms with E-state index in [1.54, 1.807) is 30.5 Å². The van der Waals surface area contributed by atoms with E-state index in [2.05, 4.69) is 4.57 Å². The monoisotopic (exact) mass is 689 g/mol. The molecule has 0 fully saturated rings. The van der Waals surface area contributed by atoms with Crippen LogP contribution in [0.25, 0.3) is 17.0 Å². The van der Waals surface area contributed by atoms with Gasteiger partial charge in [-0.15, -0.1) is 0 Å². The first-order valence-electron chi connectivity index (χ1n) is 15.3. The number of ether oxygens (including phenoxy) is 3. The van der Waals surface area contributed by atoms with Gasteiger partial charge < -0.3 is 18.8 Å². The van der Waals surface area contributed by atoms with E-state index < -0.39 is 12.0 Å². The number of aromatic nitrogens is 2. The van der Waals surface area contributed by atoms with Gasteiger partial charge in [-0.25, -0.2) is 9.79 Å². The van der Waals surface area contributed by atoms with E-state index in [0.717, 1.165) is 22.0 Å². The smallest absolute Gasteiger partial charge is 0.338 e. The number of carbonyl (C=O) groups is 1. The summed E-state index contributed by atoms with van der Waals surface area (Å²) >= 11 is 13.9. The molecule has 242 valence electrons. The van der Waals surface area contributed by atoms with E-state index in [4.69, 9.17) is 42.4 Å². The molecular formula is C36H33Cl2N3O5S. The van der Waals surface area contributed by atoms with Crippen molar-refractivity contribution in [2.75, 3.05) is 19.8 Å². The molecule has 0 N–H and O–H groups in total. The summed E-state index contributed by atoms with van der Waals surface area (Å²) in [5.41, 5.74) is 3.99. The molecule has 0 saturated carbocycles. The summed E-state index contributed by atoms with van der Waals surface area (Å²) < 4.78 is 21.3. The van der Waals surface area contributed by atoms with E-state index >= 15 is 0 Å². The van der Waals surface area contributed by atoms with Gasteiger partial charge in [0.05, 0.1) is 41.7 Å². The maximum absolute atomic E-state index is 14.3. The highest BCUT2D eigenvalue weighted by Crippen LogP contribution is 2.36. The number of fused-ring (bicyclic) bond motifs is 2. The molecule has 1 aliphatic heterocycles. The predicted molar refractivity (Wildman–Crippen MR) is 187 cm³/mol. The summed E-state index contributed by atoms with van der Waals surface area (Å²) in [4.78, 5) is 33.0. The number of allylic oxidation sites excluding steroid dienone is 1. The molecule has 47 heavy (non-hydrogen) atoms. The van der Waals surface area contributed by atoms with Gasteiger partial charge in [0.25, 0.3) is 5.56 Å². The molecule has 0 radical (unpaired) electrons. The van der Waals surface area contributed by atoms with Crippen molar-refractivity contribution in [1.82, 2.24) is 9.13 Å². The van der Waals surface area contributed by atoms with Gasteiger partial charge in [0, 0.05) is 39.3 Å². The molecule has 0 saturated heterocycles. The Bertz CT molecular complexity index is 2220. The first-order chi connectivity index (χ1) is 22.7. The Hall–Kier alpha value is -4.31. The highest BCUT2D eigenvalue weighted by Gasteiger charge is 2.34. The minimum Gasteiger partial charge on any atom is -0.490 e. The second-order valence-electron chi connectivity index (χ2n) is 10.8. The fourth-order valence-electron chi connectivity index (χ4n) is 5.84. The van der Waals surface area contributed by atoms with Crippen molar-refractivity contribution in [2.45, 2.75) is 40.3 Å². The molecule has 0 amide bonds. The SMILES string of the molecule is CCOC(=O)C1=C(C)N=c2s/c(=C\c3cn(Cc4ccc(Cl)cc4Cl)c4ccccc34)c(=O)n2[C@H]1c1ccc(OCC)c(OCC)c1. The number of benzene rings is 3. The number of esters is 1. The zero-order valence-corrected chi connectivity index (χ0v) is 28.7. The van der Waals surface area contributed by atoms with Gasteiger partial charge in [-0.05, 0) is 75.2 Å². The quantitative estimate of drug-likeness (QED) is 0.149. The standard InChI is InChI=1S/C36H33Cl2N3O5S/c1-5-44-29-15-13-22(16-30(29)45-6-2)33-32(35(43)46-7-3)21(4)39-36-41(33)34(42)31(47-36)17-24-20-40(28-11-9-8-10-26(24)28)19-23-12-14-25(37)18-27(23)38/h8-18,20,33H,5-7,19H2,1-4H3/b31-17-/t33-/m0/s1. The average molecular weight is 691 g/mol. The van der Waals surface area contributed by atoms with Crippen LogP contribution in [-0.4, -0.2) is 34.9 Å². The summed E-state index contributed by atoms with van der Waals surface area (Å²) in [7, 11) is 0. The zero-order chi connectivity index (χ0) is 33.2. The summed E-state index contributed by atoms with van der Waals surface area (Å²) in [6.07, 6.45) is 3.90. The summed E-state index contributed by atoms with van der Waals surface area (Å²) in [6.45, 7) is 8.90. The van der Waals surface area contributed by atoms with Crippen molar-refractivity contribution < 1.29 is 19.0 Å². The highest BCUT2D eigenvalue weighted by atomic mass is 35.5. The van der Waals surface area contributed by atoms with Crippen molar-refractivity contribution >= 4 is 57.5 Å². The molecular weight excluding hydrogens is 657 g/mol. The van der Waals surface area contributed by atoms with Crippen LogP contribution in [0.5, 0.6) is 11.5 Å². The van der Waals surface area contributed by atoms with E-state index in [1.807, 2.05) is 74.7 Å². The number of hydrogen-bond donors (Lipinski definition) is 0. The number of thiazole rings is 1. The lowest BCUT2D eigenvalue weighted by atomic mass is 9.95. The maximum Gasteiger partial charge on any atom is 0.338 e. The van der Waals surface area contributed by atoms with Gasteiger partial charge in [0.15, 0.2) is 16.3 Å². The van der Waals surface area contributed by atoms with E-state index in [0.29, 0.717) is 67.5 Å². The summed E-state index contributed by atoms with van der Waals surface area (Å²) in [5, 5.41) is 2.14. The Kier molecular flexibility index (Phi) is 9.59. The topological polar surface area (TPSA) is 84.1 Å². The van der Waals surface area contributed by atoms with Crippen LogP contribution in [0.1, 0.15) is 50.4 Å². The molecule has 0 spiro atoms. The average Bonchev–Trinajstić information content (AvgIpc) is 3.55. The van der Waals surface area contributed by atoms with E-state index in [-0.39, 0.29) is 12.2 Å². The molecule has 6 rings (SSSR count). The second-order valence-corrected chi connectivity index (χ2v) is 12.7. The summed E-state index contributed by atoms with van der Waals surface area (Å²) in [5.74, 6) is 0.587. The Morgan fingerprint density at radius 1 is 0.979 bits per heavy atom. The third-order valence-corrected chi connectivity index (χ3v) is 9.43. The minimum absolute atomic E-state index is 0.186. The molecule has 3 heterocycles. The van der Waals surface area contributed by atoms with Gasteiger partial charge in [-0.1, -0.05) is 64.9 Å². The number of carbonyl (C=O) groups excluding carboxylic acids is 1. The van der Waals surface area contributed by atoms with Gasteiger partial charge >= 0.3 is 5.97 Å². The van der Waals surface area contributed by atoms with Crippen LogP contribution in [0.3, 0.4) is 0 Å². The third-order valence-electron chi connectivity index (χ3n) is 7.86. The summed E-state index contributed by atoms with van der Waals surface area (Å²) in [6, 6.07) is 18.2. The van der Waals surface area contributed by atoms with Crippen molar-refractivity contribution in [3.05, 3.63) is 125 Å². The Morgan fingerprint density at radius 3 is 2.49 bits per heavy atom. The van der Waals surface area contributed by atoms with Gasteiger partial charge in [0.1, 0.15) is 0 Å². The molecule has 1 aliphatic rings. The molecule has 11 heteroatoms. The molecule has 5 aromatic rings. The number of halogens is 2. The minimum atomic E-state index is -0.782. The number of nitrogens with zero attached hydrogens (tertiary/aromatic N) is 3. The molecule has 1 atom stereocenters. The maximum atomic E-state index is 14.3. The largest absolute Gasteiger partial charge is 0.490 e. The van der Waals surface area contributed by atoms with Crippen LogP contribution >= 0.6 is 34.5 Å². The van der Waals surface area contributed by atoms with Gasteiger partial charge in [0.2, 0.25) is 0 Å². The first-order valence-corrected chi connectivity index (χ1v) is 16.9. The lowest BCUT2D eigenvalue weighted by Gasteiger charge is -2.25. The van der Waals surface area contributed by atoms with Crippen LogP contribution in [0.4, 0.5) is 0 Å². The molecule has 3 aromatic carbocycles. The Labute approximate surface area is 285 Å². The van der Waals surface area contributed by atoms with Crippen LogP contribution in [0.2, 0.25) is 10.0 Å². The fraction of sp³-hybridized carbons (Fsp3) is 0.250. The van der Waals surface area contributed by atoms with Gasteiger partial charge in [-0.2, -0.15) is 0 Å². The lowest BCUT2D eigenvalue weighted by molar-refractivity contribution is -0.139. The second kappa shape index (κ2) is 13.8. The Morgan fingerprint density at radius 2 is 1.74 bits per heavy atom. The van der Waals surface area contributed by atoms with Crippen LogP contribution in [0, 0.1) is 0 Å². The predicted octanol–water partition coefficient (Wildman–Crippen LogP) is 6.91. The molecule has 8 nitrogen and oxygen atoms in total. The van der Waals surface area contributed by atoms with E-state index in [1.165, 1.54) is 11.3 Å². The highest BCUT2D eigenvalue weighted by molar-refractivity contribution is 7.07. The van der Waals surface area contributed by atoms with Crippen LogP contribution < -0.4 is 24.4 Å². The lowest BCUT2D eigenvalue weighted by Crippen LogP contribution is -2.40. The number of rotatable bonds is 10. The van der Waals surface area contributed by atoms with Gasteiger partial charge in [-0.3, -0.25) is 9.36 Å².